The van der Waals surface area contributed by atoms with Crippen LogP contribution in [0.2, 0.25) is 0 Å². The van der Waals surface area contributed by atoms with Crippen LogP contribution in [0.25, 0.3) is 0 Å². The number of hydrogen-bond donors (Lipinski definition) is 1. The van der Waals surface area contributed by atoms with Crippen molar-refractivity contribution >= 4 is 0 Å². The van der Waals surface area contributed by atoms with Gasteiger partial charge >= 0.3 is 0 Å². The lowest BCUT2D eigenvalue weighted by atomic mass is 9.77. The summed E-state index contributed by atoms with van der Waals surface area (Å²) in [6, 6.07) is 0.674. The quantitative estimate of drug-likeness (QED) is 0.701. The second-order valence-electron chi connectivity index (χ2n) is 6.07. The van der Waals surface area contributed by atoms with Crippen molar-refractivity contribution in [1.82, 2.24) is 10.2 Å². The molecule has 96 valence electrons. The summed E-state index contributed by atoms with van der Waals surface area (Å²) >= 11 is 0. The average molecular weight is 226 g/mol. The molecule has 0 spiro atoms. The molecule has 0 amide bonds. The maximum Gasteiger partial charge on any atom is 0.0245 e. The van der Waals surface area contributed by atoms with Crippen LogP contribution < -0.4 is 5.32 Å². The summed E-state index contributed by atoms with van der Waals surface area (Å²) in [6.07, 6.45) is 6.74. The molecular formula is C14H30N2. The first kappa shape index (κ1) is 14.0. The molecule has 1 unspecified atom stereocenters. The summed E-state index contributed by atoms with van der Waals surface area (Å²) < 4.78 is 0. The first-order valence-corrected chi connectivity index (χ1v) is 6.98. The van der Waals surface area contributed by atoms with Crippen molar-refractivity contribution in [3.05, 3.63) is 0 Å². The summed E-state index contributed by atoms with van der Waals surface area (Å²) in [6.45, 7) is 10.7. The van der Waals surface area contributed by atoms with Crippen LogP contribution in [-0.4, -0.2) is 37.6 Å². The van der Waals surface area contributed by atoms with Gasteiger partial charge in [0.25, 0.3) is 0 Å². The van der Waals surface area contributed by atoms with E-state index in [1.807, 2.05) is 0 Å². The van der Waals surface area contributed by atoms with Crippen molar-refractivity contribution in [3.8, 4) is 0 Å². The van der Waals surface area contributed by atoms with E-state index in [0.717, 1.165) is 0 Å². The first-order valence-electron chi connectivity index (χ1n) is 6.98. The lowest BCUT2D eigenvalue weighted by molar-refractivity contribution is 0.137. The molecule has 0 bridgehead atoms. The Morgan fingerprint density at radius 1 is 1.31 bits per heavy atom. The minimum Gasteiger partial charge on any atom is -0.312 e. The van der Waals surface area contributed by atoms with Gasteiger partial charge < -0.3 is 10.2 Å². The molecule has 1 atom stereocenters. The van der Waals surface area contributed by atoms with Crippen molar-refractivity contribution in [2.75, 3.05) is 26.7 Å². The van der Waals surface area contributed by atoms with E-state index in [-0.39, 0.29) is 0 Å². The largest absolute Gasteiger partial charge is 0.312 e. The van der Waals surface area contributed by atoms with E-state index in [1.54, 1.807) is 0 Å². The maximum absolute atomic E-state index is 3.69. The predicted molar refractivity (Wildman–Crippen MR) is 71.8 cm³/mol. The molecule has 1 heterocycles. The van der Waals surface area contributed by atoms with Gasteiger partial charge in [-0.25, -0.2) is 0 Å². The number of hydrogen-bond acceptors (Lipinski definition) is 2. The van der Waals surface area contributed by atoms with Crippen LogP contribution in [0.5, 0.6) is 0 Å². The van der Waals surface area contributed by atoms with Gasteiger partial charge in [0.1, 0.15) is 0 Å². The number of nitrogens with zero attached hydrogens (tertiary/aromatic N) is 1. The number of nitrogens with one attached hydrogen (secondary N) is 1. The Morgan fingerprint density at radius 2 is 2.06 bits per heavy atom. The number of unbranched alkanes of at least 4 members (excludes halogenated alkanes) is 2. The minimum absolute atomic E-state index is 0.470. The monoisotopic (exact) mass is 226 g/mol. The lowest BCUT2D eigenvalue weighted by Gasteiger charge is -2.41. The van der Waals surface area contributed by atoms with Crippen LogP contribution in [0.4, 0.5) is 0 Å². The van der Waals surface area contributed by atoms with Gasteiger partial charge in [0.2, 0.25) is 0 Å². The van der Waals surface area contributed by atoms with Crippen LogP contribution >= 0.6 is 0 Å². The molecule has 0 saturated carbocycles. The Morgan fingerprint density at radius 3 is 2.69 bits per heavy atom. The third-order valence-corrected chi connectivity index (χ3v) is 3.97. The number of piperidine rings is 1. The second kappa shape index (κ2) is 6.61. The molecular weight excluding hydrogens is 196 g/mol. The average Bonchev–Trinajstić information content (AvgIpc) is 2.21. The van der Waals surface area contributed by atoms with Crippen molar-refractivity contribution in [3.63, 3.8) is 0 Å². The fourth-order valence-electron chi connectivity index (χ4n) is 2.62. The zero-order chi connectivity index (χ0) is 12.0. The molecule has 2 heteroatoms. The first-order chi connectivity index (χ1) is 7.56. The predicted octanol–water partition coefficient (Wildman–Crippen LogP) is 2.89. The van der Waals surface area contributed by atoms with Gasteiger partial charge in [0.05, 0.1) is 0 Å². The Hall–Kier alpha value is -0.0800. The Balaban J connectivity index is 2.28. The Kier molecular flexibility index (Phi) is 5.77. The van der Waals surface area contributed by atoms with E-state index in [1.165, 1.54) is 51.7 Å². The highest BCUT2D eigenvalue weighted by molar-refractivity contribution is 4.89. The van der Waals surface area contributed by atoms with E-state index >= 15 is 0 Å². The number of rotatable bonds is 6. The summed E-state index contributed by atoms with van der Waals surface area (Å²) in [5.41, 5.74) is 0.470. The molecule has 2 nitrogen and oxygen atoms in total. The molecule has 0 aromatic carbocycles. The maximum atomic E-state index is 3.69. The van der Waals surface area contributed by atoms with Crippen molar-refractivity contribution in [1.29, 1.82) is 0 Å². The standard InChI is InChI=1S/C14H30N2/c1-5-6-7-11-16(4)12-13-14(2,3)9-8-10-15-13/h13,15H,5-12H2,1-4H3. The third kappa shape index (κ3) is 4.42. The van der Waals surface area contributed by atoms with E-state index in [9.17, 15) is 0 Å². The van der Waals surface area contributed by atoms with Crippen LogP contribution in [0, 0.1) is 5.41 Å². The highest BCUT2D eigenvalue weighted by atomic mass is 15.1. The minimum atomic E-state index is 0.470. The normalized spacial score (nSPS) is 24.9. The van der Waals surface area contributed by atoms with Crippen LogP contribution in [0.15, 0.2) is 0 Å². The molecule has 1 N–H and O–H groups in total. The zero-order valence-corrected chi connectivity index (χ0v) is 11.7. The SMILES string of the molecule is CCCCCN(C)CC1NCCCC1(C)C. The van der Waals surface area contributed by atoms with E-state index in [4.69, 9.17) is 0 Å². The summed E-state index contributed by atoms with van der Waals surface area (Å²) in [5.74, 6) is 0. The van der Waals surface area contributed by atoms with Gasteiger partial charge in [-0.2, -0.15) is 0 Å². The molecule has 1 saturated heterocycles. The van der Waals surface area contributed by atoms with Gasteiger partial charge in [0.15, 0.2) is 0 Å². The smallest absolute Gasteiger partial charge is 0.0245 e. The second-order valence-corrected chi connectivity index (χ2v) is 6.07. The highest BCUT2D eigenvalue weighted by Gasteiger charge is 2.32. The van der Waals surface area contributed by atoms with Gasteiger partial charge in [-0.05, 0) is 44.8 Å². The van der Waals surface area contributed by atoms with Crippen LogP contribution in [0.3, 0.4) is 0 Å². The Bertz CT molecular complexity index is 189. The van der Waals surface area contributed by atoms with Gasteiger partial charge in [-0.15, -0.1) is 0 Å². The van der Waals surface area contributed by atoms with E-state index in [0.29, 0.717) is 11.5 Å². The fourth-order valence-corrected chi connectivity index (χ4v) is 2.62. The van der Waals surface area contributed by atoms with Crippen molar-refractivity contribution in [2.24, 2.45) is 5.41 Å². The molecule has 0 aliphatic carbocycles. The molecule has 0 aromatic rings. The molecule has 0 aromatic heterocycles. The van der Waals surface area contributed by atoms with E-state index in [2.05, 4.69) is 38.0 Å². The van der Waals surface area contributed by atoms with Crippen LogP contribution in [0.1, 0.15) is 52.9 Å². The summed E-state index contributed by atoms with van der Waals surface area (Å²) in [5, 5.41) is 3.69. The summed E-state index contributed by atoms with van der Waals surface area (Å²) in [7, 11) is 2.27. The van der Waals surface area contributed by atoms with E-state index < -0.39 is 0 Å². The van der Waals surface area contributed by atoms with Crippen molar-refractivity contribution in [2.45, 2.75) is 58.9 Å². The molecule has 1 aliphatic rings. The van der Waals surface area contributed by atoms with Gasteiger partial charge in [-0.3, -0.25) is 0 Å². The van der Waals surface area contributed by atoms with Crippen molar-refractivity contribution < 1.29 is 0 Å². The molecule has 1 aliphatic heterocycles. The Labute approximate surface area is 102 Å². The fraction of sp³-hybridized carbons (Fsp3) is 1.00. The molecule has 16 heavy (non-hydrogen) atoms. The van der Waals surface area contributed by atoms with Gasteiger partial charge in [0, 0.05) is 12.6 Å². The molecule has 1 fully saturated rings. The highest BCUT2D eigenvalue weighted by Crippen LogP contribution is 2.30. The molecule has 0 radical (unpaired) electrons. The zero-order valence-electron chi connectivity index (χ0n) is 11.7. The lowest BCUT2D eigenvalue weighted by Crippen LogP contribution is -2.52. The molecule has 1 rings (SSSR count). The van der Waals surface area contributed by atoms with Gasteiger partial charge in [-0.1, -0.05) is 33.6 Å². The topological polar surface area (TPSA) is 15.3 Å². The van der Waals surface area contributed by atoms with Crippen LogP contribution in [-0.2, 0) is 0 Å². The third-order valence-electron chi connectivity index (χ3n) is 3.97. The summed E-state index contributed by atoms with van der Waals surface area (Å²) in [4.78, 5) is 2.50. The number of likely N-dealkylation sites (N-methyl/N-ethyl adjacent to an activating group) is 1.